The van der Waals surface area contributed by atoms with E-state index in [1.807, 2.05) is 0 Å². The van der Waals surface area contributed by atoms with E-state index < -0.39 is 10.1 Å². The molecular formula is C18H42N4O3S. The van der Waals surface area contributed by atoms with E-state index in [-0.39, 0.29) is 36.1 Å². The summed E-state index contributed by atoms with van der Waals surface area (Å²) in [5, 5.41) is 0. The minimum Gasteiger partial charge on any atom is -0.344 e. The maximum absolute atomic E-state index is 11.9. The van der Waals surface area contributed by atoms with Gasteiger partial charge in [0.25, 0.3) is 10.1 Å². The van der Waals surface area contributed by atoms with Gasteiger partial charge in [-0.25, -0.2) is 0 Å². The van der Waals surface area contributed by atoms with Crippen LogP contribution in [0, 0.1) is 0 Å². The van der Waals surface area contributed by atoms with Crippen molar-refractivity contribution in [3.8, 4) is 0 Å². The molecule has 0 aliphatic carbocycles. The van der Waals surface area contributed by atoms with Crippen LogP contribution in [0.25, 0.3) is 0 Å². The van der Waals surface area contributed by atoms with Crippen LogP contribution < -0.4 is 24.6 Å². The van der Waals surface area contributed by atoms with Crippen molar-refractivity contribution in [1.29, 1.82) is 0 Å². The van der Waals surface area contributed by atoms with Gasteiger partial charge in [-0.15, -0.1) is 0 Å². The Balaban J connectivity index is -0.000000605. The fraction of sp³-hybridized carbons (Fsp3) is 0.667. The van der Waals surface area contributed by atoms with Crippen LogP contribution in [0.1, 0.15) is 71.1 Å². The standard InChI is InChI=1S/C18H30O3S.4H3N/c1-2-3-4-5-6-7-8-9-10-14-17-21-22(19,20)18-15-12-11-13-16-18;;;;/h11-13,15-16H,2-10,14,17H2,1H3;4*1H3. The second-order valence-corrected chi connectivity index (χ2v) is 7.39. The molecule has 1 aromatic rings. The molecule has 8 heteroatoms. The quantitative estimate of drug-likeness (QED) is 0.235. The molecule has 0 amide bonds. The minimum absolute atomic E-state index is 0. The zero-order valence-corrected chi connectivity index (χ0v) is 17.4. The van der Waals surface area contributed by atoms with Crippen LogP contribution in [-0.2, 0) is 14.3 Å². The van der Waals surface area contributed by atoms with Gasteiger partial charge in [-0.2, -0.15) is 8.42 Å². The Morgan fingerprint density at radius 3 is 1.58 bits per heavy atom. The lowest BCUT2D eigenvalue weighted by Crippen LogP contribution is -2.07. The Kier molecular flexibility index (Phi) is 25.5. The summed E-state index contributed by atoms with van der Waals surface area (Å²) in [6, 6.07) is 8.33. The molecule has 7 nitrogen and oxygen atoms in total. The summed E-state index contributed by atoms with van der Waals surface area (Å²) >= 11 is 0. The normalized spacial score (nSPS) is 9.88. The minimum atomic E-state index is -3.57. The molecule has 0 aromatic heterocycles. The van der Waals surface area contributed by atoms with E-state index in [1.54, 1.807) is 30.3 Å². The lowest BCUT2D eigenvalue weighted by molar-refractivity contribution is 0.306. The molecule has 158 valence electrons. The maximum atomic E-state index is 11.9. The second kappa shape index (κ2) is 20.3. The van der Waals surface area contributed by atoms with Gasteiger partial charge in [0.05, 0.1) is 11.5 Å². The van der Waals surface area contributed by atoms with E-state index in [4.69, 9.17) is 4.18 Å². The highest BCUT2D eigenvalue weighted by Gasteiger charge is 2.13. The summed E-state index contributed by atoms with van der Waals surface area (Å²) in [5.41, 5.74) is 0. The third kappa shape index (κ3) is 15.2. The highest BCUT2D eigenvalue weighted by molar-refractivity contribution is 7.86. The number of rotatable bonds is 13. The van der Waals surface area contributed by atoms with Crippen molar-refractivity contribution in [3.05, 3.63) is 30.3 Å². The van der Waals surface area contributed by atoms with Crippen molar-refractivity contribution >= 4 is 10.1 Å². The summed E-state index contributed by atoms with van der Waals surface area (Å²) < 4.78 is 28.8. The van der Waals surface area contributed by atoms with E-state index in [1.165, 1.54) is 51.4 Å². The molecule has 0 saturated heterocycles. The average molecular weight is 395 g/mol. The zero-order valence-electron chi connectivity index (χ0n) is 16.6. The first-order chi connectivity index (χ1) is 10.7. The summed E-state index contributed by atoms with van der Waals surface area (Å²) in [5.74, 6) is 0. The molecule has 26 heavy (non-hydrogen) atoms. The fourth-order valence-electron chi connectivity index (χ4n) is 2.41. The van der Waals surface area contributed by atoms with Crippen LogP contribution in [0.15, 0.2) is 35.2 Å². The SMILES string of the molecule is CCCCCCCCCCCCOS(=O)(=O)c1ccccc1.N.N.N.N. The van der Waals surface area contributed by atoms with Crippen molar-refractivity contribution in [3.63, 3.8) is 0 Å². The predicted molar refractivity (Wildman–Crippen MR) is 112 cm³/mol. The second-order valence-electron chi connectivity index (χ2n) is 5.77. The highest BCUT2D eigenvalue weighted by Crippen LogP contribution is 2.13. The Hall–Kier alpha value is -1.03. The molecule has 0 fully saturated rings. The number of hydrogen-bond acceptors (Lipinski definition) is 7. The maximum Gasteiger partial charge on any atom is 0.296 e. The van der Waals surface area contributed by atoms with Crippen molar-refractivity contribution in [2.24, 2.45) is 0 Å². The van der Waals surface area contributed by atoms with Gasteiger partial charge >= 0.3 is 0 Å². The van der Waals surface area contributed by atoms with Crippen LogP contribution >= 0.6 is 0 Å². The third-order valence-corrected chi connectivity index (χ3v) is 5.09. The third-order valence-electron chi connectivity index (χ3n) is 3.77. The topological polar surface area (TPSA) is 183 Å². The summed E-state index contributed by atoms with van der Waals surface area (Å²) in [6.07, 6.45) is 12.3. The van der Waals surface area contributed by atoms with Gasteiger partial charge in [-0.3, -0.25) is 4.18 Å². The van der Waals surface area contributed by atoms with Gasteiger partial charge in [0.2, 0.25) is 0 Å². The number of benzene rings is 1. The number of hydrogen-bond donors (Lipinski definition) is 4. The van der Waals surface area contributed by atoms with Gasteiger partial charge in [0, 0.05) is 0 Å². The molecule has 0 unspecified atom stereocenters. The number of unbranched alkanes of at least 4 members (excludes halogenated alkanes) is 9. The lowest BCUT2D eigenvalue weighted by atomic mass is 10.1. The molecule has 0 bridgehead atoms. The average Bonchev–Trinajstić information content (AvgIpc) is 2.53. The van der Waals surface area contributed by atoms with Crippen LogP contribution in [0.5, 0.6) is 0 Å². The Labute approximate surface area is 160 Å². The van der Waals surface area contributed by atoms with Crippen LogP contribution in [0.3, 0.4) is 0 Å². The van der Waals surface area contributed by atoms with E-state index in [0.29, 0.717) is 0 Å². The van der Waals surface area contributed by atoms with Crippen LogP contribution in [0.2, 0.25) is 0 Å². The molecule has 0 aliphatic rings. The largest absolute Gasteiger partial charge is 0.344 e. The first-order valence-corrected chi connectivity index (χ1v) is 10.0. The van der Waals surface area contributed by atoms with Crippen molar-refractivity contribution in [2.75, 3.05) is 6.61 Å². The van der Waals surface area contributed by atoms with Crippen LogP contribution in [0.4, 0.5) is 0 Å². The summed E-state index contributed by atoms with van der Waals surface area (Å²) in [6.45, 7) is 2.52. The molecule has 12 N–H and O–H groups in total. The zero-order chi connectivity index (χ0) is 16.1. The van der Waals surface area contributed by atoms with Crippen molar-refractivity contribution < 1.29 is 12.6 Å². The van der Waals surface area contributed by atoms with Crippen molar-refractivity contribution in [2.45, 2.75) is 76.0 Å². The monoisotopic (exact) mass is 394 g/mol. The molecule has 0 heterocycles. The molecule has 1 rings (SSSR count). The van der Waals surface area contributed by atoms with Crippen molar-refractivity contribution in [1.82, 2.24) is 24.6 Å². The smallest absolute Gasteiger partial charge is 0.296 e. The lowest BCUT2D eigenvalue weighted by Gasteiger charge is -2.05. The Morgan fingerprint density at radius 2 is 1.12 bits per heavy atom. The molecule has 0 saturated carbocycles. The Morgan fingerprint density at radius 1 is 0.692 bits per heavy atom. The van der Waals surface area contributed by atoms with E-state index in [2.05, 4.69) is 6.92 Å². The molecule has 0 aliphatic heterocycles. The van der Waals surface area contributed by atoms with E-state index in [9.17, 15) is 8.42 Å². The molecule has 0 radical (unpaired) electrons. The van der Waals surface area contributed by atoms with Gasteiger partial charge in [0.1, 0.15) is 0 Å². The predicted octanol–water partition coefficient (Wildman–Crippen LogP) is 5.96. The van der Waals surface area contributed by atoms with Crippen LogP contribution in [-0.4, -0.2) is 15.0 Å². The molecule has 0 spiro atoms. The molecule has 0 atom stereocenters. The van der Waals surface area contributed by atoms with Gasteiger partial charge in [-0.05, 0) is 18.6 Å². The van der Waals surface area contributed by atoms with Gasteiger partial charge in [0.15, 0.2) is 0 Å². The first kappa shape index (κ1) is 32.6. The summed E-state index contributed by atoms with van der Waals surface area (Å²) in [7, 11) is -3.57. The van der Waals surface area contributed by atoms with Gasteiger partial charge < -0.3 is 24.6 Å². The fourth-order valence-corrected chi connectivity index (χ4v) is 3.38. The van der Waals surface area contributed by atoms with E-state index in [0.717, 1.165) is 12.8 Å². The summed E-state index contributed by atoms with van der Waals surface area (Å²) in [4.78, 5) is 0.238. The highest BCUT2D eigenvalue weighted by atomic mass is 32.2. The molecule has 1 aromatic carbocycles. The molecular weight excluding hydrogens is 352 g/mol. The Bertz CT molecular complexity index is 484. The van der Waals surface area contributed by atoms with E-state index >= 15 is 0 Å². The van der Waals surface area contributed by atoms with Gasteiger partial charge in [-0.1, -0.05) is 82.9 Å². The first-order valence-electron chi connectivity index (χ1n) is 8.61.